The number of carbonyl (C=O) groups excluding carboxylic acids is 1. The van der Waals surface area contributed by atoms with Crippen molar-refractivity contribution in [1.29, 1.82) is 0 Å². The number of nitrogens with one attached hydrogen (secondary N) is 1. The van der Waals surface area contributed by atoms with Crippen molar-refractivity contribution >= 4 is 22.2 Å². The molecule has 2 saturated heterocycles. The summed E-state index contributed by atoms with van der Waals surface area (Å²) in [6.45, 7) is 12.0. The number of phosphoric acid groups is 1. The van der Waals surface area contributed by atoms with Gasteiger partial charge in [0.1, 0.15) is 37.1 Å². The van der Waals surface area contributed by atoms with Crippen molar-refractivity contribution in [3.8, 4) is 11.1 Å². The lowest BCUT2D eigenvalue weighted by Gasteiger charge is -2.48. The van der Waals surface area contributed by atoms with E-state index in [0.717, 1.165) is 44.5 Å². The van der Waals surface area contributed by atoms with E-state index in [1.165, 1.54) is 0 Å². The van der Waals surface area contributed by atoms with E-state index in [2.05, 4.69) is 48.2 Å². The molecule has 0 aromatic heterocycles. The van der Waals surface area contributed by atoms with Crippen LogP contribution in [0, 0.1) is 5.92 Å². The Balaban J connectivity index is 1.02. The van der Waals surface area contributed by atoms with Crippen molar-refractivity contribution in [2.75, 3.05) is 19.8 Å². The number of hydrogen-bond acceptors (Lipinski definition) is 14. The Bertz CT molecular complexity index is 2740. The van der Waals surface area contributed by atoms with Crippen LogP contribution in [0.3, 0.4) is 0 Å². The molecule has 1 aliphatic carbocycles. The Labute approximate surface area is 439 Å². The minimum Gasteiger partial charge on any atom is -0.449 e. The molecule has 2 fully saturated rings. The maximum atomic E-state index is 14.7. The first-order valence-electron chi connectivity index (χ1n) is 25.5. The molecule has 19 heteroatoms. The molecule has 2 N–H and O–H groups in total. The van der Waals surface area contributed by atoms with Crippen LogP contribution in [0.2, 0.25) is 18.1 Å². The molecule has 0 bridgehead atoms. The summed E-state index contributed by atoms with van der Waals surface area (Å²) < 4.78 is 79.0. The topological polar surface area (TPSA) is 207 Å². The quantitative estimate of drug-likeness (QED) is 0.0276. The van der Waals surface area contributed by atoms with Gasteiger partial charge in [-0.1, -0.05) is 166 Å². The Morgan fingerprint density at radius 1 is 0.747 bits per heavy atom. The highest BCUT2D eigenvalue weighted by Gasteiger charge is 2.53. The van der Waals surface area contributed by atoms with Crippen LogP contribution in [0.5, 0.6) is 0 Å². The van der Waals surface area contributed by atoms with E-state index in [0.29, 0.717) is 0 Å². The second-order valence-electron chi connectivity index (χ2n) is 20.9. The zero-order valence-corrected chi connectivity index (χ0v) is 45.0. The number of phosphoric ester groups is 1. The van der Waals surface area contributed by atoms with Crippen molar-refractivity contribution in [3.05, 3.63) is 177 Å². The number of benzene rings is 5. The lowest BCUT2D eigenvalue weighted by atomic mass is 9.88. The molecule has 398 valence electrons. The van der Waals surface area contributed by atoms with Gasteiger partial charge in [0.25, 0.3) is 0 Å². The van der Waals surface area contributed by atoms with E-state index in [1.807, 2.05) is 141 Å². The fourth-order valence-electron chi connectivity index (χ4n) is 9.74. The molecular weight excluding hydrogens is 996 g/mol. The van der Waals surface area contributed by atoms with Gasteiger partial charge in [-0.05, 0) is 68.2 Å². The van der Waals surface area contributed by atoms with Crippen molar-refractivity contribution < 1.29 is 60.9 Å². The highest BCUT2D eigenvalue weighted by molar-refractivity contribution is 7.48. The largest absolute Gasteiger partial charge is 0.475 e. The fraction of sp³-hybridized carbons (Fsp3) is 0.446. The van der Waals surface area contributed by atoms with Crippen LogP contribution in [-0.4, -0.2) is 94.5 Å². The van der Waals surface area contributed by atoms with Gasteiger partial charge in [0.05, 0.1) is 51.8 Å². The molecule has 0 spiro atoms. The van der Waals surface area contributed by atoms with Crippen LogP contribution >= 0.6 is 7.82 Å². The molecule has 1 amide bonds. The number of azide groups is 1. The molecule has 3 heterocycles. The number of amides is 1. The van der Waals surface area contributed by atoms with Crippen LogP contribution < -0.4 is 5.32 Å². The van der Waals surface area contributed by atoms with Gasteiger partial charge in [0, 0.05) is 16.7 Å². The summed E-state index contributed by atoms with van der Waals surface area (Å²) in [6.07, 6.45) is -8.81. The Hall–Kier alpha value is -5.27. The minimum atomic E-state index is -4.31. The molecule has 10 atom stereocenters. The third kappa shape index (κ3) is 12.8. The van der Waals surface area contributed by atoms with Crippen molar-refractivity contribution in [1.82, 2.24) is 5.32 Å². The van der Waals surface area contributed by atoms with Gasteiger partial charge in [-0.25, -0.2) is 9.36 Å². The number of fused-ring (bicyclic) bond motifs is 4. The van der Waals surface area contributed by atoms with E-state index in [4.69, 9.17) is 46.4 Å². The number of nitrogens with zero attached hydrogens (tertiary/aromatic N) is 3. The monoisotopic (exact) mass is 1060 g/mol. The smallest absolute Gasteiger partial charge is 0.449 e. The van der Waals surface area contributed by atoms with E-state index in [9.17, 15) is 20.0 Å². The highest BCUT2D eigenvalue weighted by Crippen LogP contribution is 2.56. The van der Waals surface area contributed by atoms with Gasteiger partial charge in [-0.2, -0.15) is 0 Å². The summed E-state index contributed by atoms with van der Waals surface area (Å²) in [7, 11) is -6.93. The van der Waals surface area contributed by atoms with E-state index < -0.39 is 83.3 Å². The summed E-state index contributed by atoms with van der Waals surface area (Å²) in [5, 5.41) is 18.9. The van der Waals surface area contributed by atoms with Crippen LogP contribution in [0.1, 0.15) is 67.0 Å². The van der Waals surface area contributed by atoms with Gasteiger partial charge >= 0.3 is 13.9 Å². The molecule has 9 rings (SSSR count). The zero-order chi connectivity index (χ0) is 52.7. The van der Waals surface area contributed by atoms with Gasteiger partial charge in [0.2, 0.25) is 0 Å². The molecule has 3 aliphatic heterocycles. The van der Waals surface area contributed by atoms with Gasteiger partial charge in [-0.3, -0.25) is 13.6 Å². The van der Waals surface area contributed by atoms with Gasteiger partial charge < -0.3 is 43.3 Å². The third-order valence-electron chi connectivity index (χ3n) is 15.0. The minimum absolute atomic E-state index is 0.0247. The number of aliphatic hydroxyl groups excluding tert-OH is 1. The van der Waals surface area contributed by atoms with Crippen molar-refractivity contribution in [2.45, 2.75) is 133 Å². The van der Waals surface area contributed by atoms with E-state index in [-0.39, 0.29) is 57.2 Å². The molecular formula is C56H67N4O13PSi. The summed E-state index contributed by atoms with van der Waals surface area (Å²) in [5.74, 6) is -0.972. The number of hydrogen-bond donors (Lipinski definition) is 2. The van der Waals surface area contributed by atoms with Crippen LogP contribution in [-0.2, 0) is 77.4 Å². The average Bonchev–Trinajstić information content (AvgIpc) is 3.62. The Morgan fingerprint density at radius 3 is 1.89 bits per heavy atom. The molecule has 17 nitrogen and oxygen atoms in total. The first-order valence-corrected chi connectivity index (χ1v) is 29.8. The molecule has 5 unspecified atom stereocenters. The molecule has 0 radical (unpaired) electrons. The first kappa shape index (κ1) is 54.5. The Kier molecular flexibility index (Phi) is 17.4. The Morgan fingerprint density at radius 2 is 1.29 bits per heavy atom. The molecule has 5 aromatic rings. The van der Waals surface area contributed by atoms with Crippen molar-refractivity contribution in [2.24, 2.45) is 11.0 Å². The zero-order valence-electron chi connectivity index (χ0n) is 43.1. The number of rotatable bonds is 18. The number of carbonyl (C=O) groups is 1. The first-order chi connectivity index (χ1) is 36.1. The second-order valence-corrected chi connectivity index (χ2v) is 27.3. The van der Waals surface area contributed by atoms with Gasteiger partial charge in [-0.15, -0.1) is 0 Å². The number of aliphatic hydroxyl groups is 1. The molecule has 75 heavy (non-hydrogen) atoms. The second kappa shape index (κ2) is 24.0. The maximum Gasteiger partial charge on any atom is 0.475 e. The van der Waals surface area contributed by atoms with E-state index in [1.54, 1.807) is 0 Å². The van der Waals surface area contributed by atoms with Crippen LogP contribution in [0.15, 0.2) is 139 Å². The molecule has 4 aliphatic rings. The van der Waals surface area contributed by atoms with Crippen LogP contribution in [0.4, 0.5) is 4.79 Å². The molecule has 0 saturated carbocycles. The average molecular weight is 1060 g/mol. The molecule has 5 aromatic carbocycles. The fourth-order valence-corrected chi connectivity index (χ4v) is 12.3. The van der Waals surface area contributed by atoms with E-state index >= 15 is 0 Å². The SMILES string of the molecule is C[C@@H]1C(NC(=O)OCC2c3ccccc3-c3ccccc32)[C@H](OCC2OC(O[Si](C)(C)C(C)(C)C)C(N=[N+]=[N-])[C@@H](O)[C@H]2OCc2ccccc2)OC(COCc2ccccc2)[C@H]1OP1(=O)OCc2ccccc2CO1. The third-order valence-corrected chi connectivity index (χ3v) is 20.8. The summed E-state index contributed by atoms with van der Waals surface area (Å²) in [6, 6.07) is 40.4. The highest BCUT2D eigenvalue weighted by atomic mass is 31.2. The van der Waals surface area contributed by atoms with Crippen LogP contribution in [0.25, 0.3) is 21.6 Å². The lowest BCUT2D eigenvalue weighted by Crippen LogP contribution is -2.64. The predicted octanol–water partition coefficient (Wildman–Crippen LogP) is 11.1. The lowest BCUT2D eigenvalue weighted by molar-refractivity contribution is -0.293. The normalized spacial score (nSPS) is 26.4. The summed E-state index contributed by atoms with van der Waals surface area (Å²) in [5.41, 5.74) is 17.4. The van der Waals surface area contributed by atoms with Crippen molar-refractivity contribution in [3.63, 3.8) is 0 Å². The maximum absolute atomic E-state index is 14.7. The summed E-state index contributed by atoms with van der Waals surface area (Å²) >= 11 is 0. The predicted molar refractivity (Wildman–Crippen MR) is 281 cm³/mol. The number of alkyl carbamates (subject to hydrolysis) is 1. The van der Waals surface area contributed by atoms with Gasteiger partial charge in [0.15, 0.2) is 20.9 Å². The number of ether oxygens (including phenoxy) is 6. The standard InChI is InChI=1S/C56H67N4O13PSi/c1-36-48(58-55(62)67-33-45-43-27-17-15-25-41(43)42-26-16-18-28-44(42)45)53(70-46(34-64-29-37-19-9-7-10-20-37)51(36)72-74(63)68-31-39-23-13-14-24-40(39)32-69-74)66-35-47-52(65-30-38-21-11-8-12-22-38)50(61)49(59-60-57)54(71-47)73-75(5,6)56(2,3)4/h7-28,36,45-54,61H,29-35H2,1-6H3,(H,58,62)/t36-,46?,47?,48?,49?,50-,51+,52+,53-,54?/m1/s1. The summed E-state index contributed by atoms with van der Waals surface area (Å²) in [4.78, 5) is 17.4.